The van der Waals surface area contributed by atoms with Crippen molar-refractivity contribution in [3.05, 3.63) is 36.0 Å². The lowest BCUT2D eigenvalue weighted by molar-refractivity contribution is 0.122. The van der Waals surface area contributed by atoms with E-state index in [1.807, 2.05) is 17.1 Å². The minimum Gasteiger partial charge on any atom is -0.378 e. The number of nitrogens with one attached hydrogen (secondary N) is 1. The number of benzene rings is 1. The Bertz CT molecular complexity index is 830. The van der Waals surface area contributed by atoms with E-state index in [1.165, 1.54) is 24.9 Å². The molecule has 3 N–H and O–H groups in total. The number of ether oxygens (including phenoxy) is 1. The van der Waals surface area contributed by atoms with Crippen LogP contribution in [-0.4, -0.2) is 49.0 Å². The molecule has 2 fully saturated rings. The summed E-state index contributed by atoms with van der Waals surface area (Å²) < 4.78 is 5.43. The molecule has 1 aromatic carbocycles. The third-order valence-corrected chi connectivity index (χ3v) is 5.84. The fourth-order valence-corrected chi connectivity index (χ4v) is 4.15. The maximum atomic E-state index is 6.50. The quantitative estimate of drug-likeness (QED) is 0.412. The van der Waals surface area contributed by atoms with E-state index < -0.39 is 0 Å². The van der Waals surface area contributed by atoms with Crippen LogP contribution in [-0.2, 0) is 11.3 Å². The highest BCUT2D eigenvalue weighted by molar-refractivity contribution is 5.61. The van der Waals surface area contributed by atoms with E-state index in [9.17, 15) is 0 Å². The van der Waals surface area contributed by atoms with Gasteiger partial charge in [0.15, 0.2) is 5.82 Å². The van der Waals surface area contributed by atoms with Crippen LogP contribution in [0, 0.1) is 0 Å². The summed E-state index contributed by atoms with van der Waals surface area (Å²) in [6.45, 7) is 7.46. The van der Waals surface area contributed by atoms with Crippen molar-refractivity contribution in [2.75, 3.05) is 41.5 Å². The fourth-order valence-electron chi connectivity index (χ4n) is 4.15. The third kappa shape index (κ3) is 4.88. The lowest BCUT2D eigenvalue weighted by Gasteiger charge is -2.32. The first kappa shape index (κ1) is 20.6. The second kappa shape index (κ2) is 9.86. The molecule has 0 amide bonds. The molecule has 2 aliphatic rings. The Morgan fingerprint density at radius 3 is 2.60 bits per heavy atom. The van der Waals surface area contributed by atoms with E-state index in [1.54, 1.807) is 6.20 Å². The molecule has 160 valence electrons. The molecule has 2 heterocycles. The van der Waals surface area contributed by atoms with Gasteiger partial charge in [-0.2, -0.15) is 4.98 Å². The fraction of sp³-hybridized carbons (Fsp3) is 0.500. The van der Waals surface area contributed by atoms with Crippen molar-refractivity contribution < 1.29 is 4.74 Å². The predicted octanol–water partition coefficient (Wildman–Crippen LogP) is 3.27. The molecule has 2 aromatic rings. The van der Waals surface area contributed by atoms with Crippen molar-refractivity contribution in [1.82, 2.24) is 9.97 Å². The van der Waals surface area contributed by atoms with Crippen LogP contribution in [0.15, 0.2) is 35.5 Å². The van der Waals surface area contributed by atoms with Crippen LogP contribution in [0.3, 0.4) is 0 Å². The number of morpholine rings is 1. The molecule has 1 aromatic heterocycles. The zero-order valence-corrected chi connectivity index (χ0v) is 17.5. The Hall–Kier alpha value is -2.71. The molecular formula is C22H31N7O. The van der Waals surface area contributed by atoms with Crippen LogP contribution < -0.4 is 21.1 Å². The van der Waals surface area contributed by atoms with Gasteiger partial charge in [0.1, 0.15) is 0 Å². The van der Waals surface area contributed by atoms with Gasteiger partial charge in [-0.1, -0.05) is 19.3 Å². The van der Waals surface area contributed by atoms with Crippen LogP contribution in [0.25, 0.3) is 0 Å². The summed E-state index contributed by atoms with van der Waals surface area (Å²) in [7, 11) is 0. The van der Waals surface area contributed by atoms with Crippen LogP contribution >= 0.6 is 0 Å². The maximum Gasteiger partial charge on any atom is 0.229 e. The molecule has 1 saturated heterocycles. The summed E-state index contributed by atoms with van der Waals surface area (Å²) in [5, 5.41) is 5.12. The van der Waals surface area contributed by atoms with Crippen LogP contribution in [0.1, 0.15) is 37.7 Å². The number of nitrogens with two attached hydrogens (primary N) is 1. The first-order valence-electron chi connectivity index (χ1n) is 10.8. The van der Waals surface area contributed by atoms with Crippen LogP contribution in [0.4, 0.5) is 23.1 Å². The average molecular weight is 410 g/mol. The van der Waals surface area contributed by atoms with Gasteiger partial charge in [-0.25, -0.2) is 10.8 Å². The normalized spacial score (nSPS) is 17.6. The van der Waals surface area contributed by atoms with Gasteiger partial charge < -0.3 is 15.0 Å². The Morgan fingerprint density at radius 2 is 1.90 bits per heavy atom. The standard InChI is InChI=1S/C22H31N7O/c1-24-15-17-16-25-22(27-21(17)29(23)20-5-3-2-4-6-20)26-18-7-9-19(10-8-18)28-11-13-30-14-12-28/h7-10,16,20H,1-6,11-15,23H2,(H,25,26,27). The van der Waals surface area contributed by atoms with Crippen LogP contribution in [0.5, 0.6) is 0 Å². The third-order valence-electron chi connectivity index (χ3n) is 5.84. The summed E-state index contributed by atoms with van der Waals surface area (Å²) in [5.74, 6) is 7.77. The molecule has 1 aliphatic heterocycles. The minimum atomic E-state index is 0.304. The van der Waals surface area contributed by atoms with Crippen molar-refractivity contribution in [2.24, 2.45) is 10.8 Å². The zero-order valence-electron chi connectivity index (χ0n) is 17.5. The Morgan fingerprint density at radius 1 is 1.17 bits per heavy atom. The summed E-state index contributed by atoms with van der Waals surface area (Å²) in [6, 6.07) is 8.63. The topological polar surface area (TPSA) is 91.9 Å². The molecule has 0 unspecified atom stereocenters. The molecule has 8 heteroatoms. The SMILES string of the molecule is C=NCc1cnc(Nc2ccc(N3CCOCC3)cc2)nc1N(N)C1CCCCC1. The van der Waals surface area contributed by atoms with E-state index in [0.717, 1.165) is 56.2 Å². The van der Waals surface area contributed by atoms with E-state index in [4.69, 9.17) is 15.6 Å². The number of aromatic nitrogens is 2. The second-order valence-electron chi connectivity index (χ2n) is 7.89. The molecular weight excluding hydrogens is 378 g/mol. The molecule has 0 atom stereocenters. The minimum absolute atomic E-state index is 0.304. The second-order valence-corrected chi connectivity index (χ2v) is 7.89. The van der Waals surface area contributed by atoms with Gasteiger partial charge in [0.25, 0.3) is 0 Å². The van der Waals surface area contributed by atoms with Gasteiger partial charge in [0, 0.05) is 42.3 Å². The Balaban J connectivity index is 1.50. The highest BCUT2D eigenvalue weighted by Gasteiger charge is 2.23. The molecule has 0 radical (unpaired) electrons. The lowest BCUT2D eigenvalue weighted by Crippen LogP contribution is -2.43. The summed E-state index contributed by atoms with van der Waals surface area (Å²) in [6.07, 6.45) is 7.67. The van der Waals surface area contributed by atoms with Gasteiger partial charge in [0.2, 0.25) is 5.95 Å². The summed E-state index contributed by atoms with van der Waals surface area (Å²) >= 11 is 0. The van der Waals surface area contributed by atoms with E-state index >= 15 is 0 Å². The van der Waals surface area contributed by atoms with Gasteiger partial charge in [-0.05, 0) is 43.8 Å². The average Bonchev–Trinajstić information content (AvgIpc) is 2.81. The molecule has 30 heavy (non-hydrogen) atoms. The van der Waals surface area contributed by atoms with Gasteiger partial charge in [-0.15, -0.1) is 0 Å². The monoisotopic (exact) mass is 409 g/mol. The number of aliphatic imine (C=N–C) groups is 1. The maximum absolute atomic E-state index is 6.50. The number of hydrogen-bond acceptors (Lipinski definition) is 8. The van der Waals surface area contributed by atoms with Crippen molar-refractivity contribution >= 4 is 29.9 Å². The highest BCUT2D eigenvalue weighted by atomic mass is 16.5. The van der Waals surface area contributed by atoms with Crippen molar-refractivity contribution in [3.63, 3.8) is 0 Å². The predicted molar refractivity (Wildman–Crippen MR) is 122 cm³/mol. The van der Waals surface area contributed by atoms with Crippen molar-refractivity contribution in [3.8, 4) is 0 Å². The number of nitrogens with zero attached hydrogens (tertiary/aromatic N) is 5. The lowest BCUT2D eigenvalue weighted by atomic mass is 9.95. The molecule has 4 rings (SSSR count). The summed E-state index contributed by atoms with van der Waals surface area (Å²) in [5.41, 5.74) is 3.03. The first-order chi connectivity index (χ1) is 14.7. The van der Waals surface area contributed by atoms with Crippen molar-refractivity contribution in [1.29, 1.82) is 0 Å². The Labute approximate surface area is 178 Å². The number of anilines is 4. The van der Waals surface area contributed by atoms with Gasteiger partial charge in [0.05, 0.1) is 19.8 Å². The first-order valence-corrected chi connectivity index (χ1v) is 10.8. The van der Waals surface area contributed by atoms with E-state index in [-0.39, 0.29) is 0 Å². The molecule has 0 bridgehead atoms. The smallest absolute Gasteiger partial charge is 0.229 e. The Kier molecular flexibility index (Phi) is 6.76. The highest BCUT2D eigenvalue weighted by Crippen LogP contribution is 2.28. The summed E-state index contributed by atoms with van der Waals surface area (Å²) in [4.78, 5) is 15.6. The molecule has 1 aliphatic carbocycles. The molecule has 1 saturated carbocycles. The molecule has 0 spiro atoms. The van der Waals surface area contributed by atoms with Crippen LogP contribution in [0.2, 0.25) is 0 Å². The largest absolute Gasteiger partial charge is 0.378 e. The number of hydrogen-bond donors (Lipinski definition) is 2. The van der Waals surface area contributed by atoms with Gasteiger partial charge >= 0.3 is 0 Å². The molecule has 8 nitrogen and oxygen atoms in total. The van der Waals surface area contributed by atoms with Gasteiger partial charge in [-0.3, -0.25) is 10.0 Å². The number of rotatable bonds is 7. The van der Waals surface area contributed by atoms with E-state index in [0.29, 0.717) is 18.5 Å². The van der Waals surface area contributed by atoms with E-state index in [2.05, 4.69) is 39.0 Å². The zero-order chi connectivity index (χ0) is 20.8. The van der Waals surface area contributed by atoms with Crippen molar-refractivity contribution in [2.45, 2.75) is 44.7 Å². The number of hydrazine groups is 1.